The minimum atomic E-state index is -0.219. The van der Waals surface area contributed by atoms with E-state index < -0.39 is 0 Å². The molecule has 0 unspecified atom stereocenters. The molecule has 2 amide bonds. The number of halogens is 1. The van der Waals surface area contributed by atoms with Crippen molar-refractivity contribution >= 4 is 23.4 Å². The zero-order chi connectivity index (χ0) is 24.5. The Bertz CT molecular complexity index is 989. The van der Waals surface area contributed by atoms with Gasteiger partial charge in [0.05, 0.1) is 31.8 Å². The molecule has 184 valence electrons. The summed E-state index contributed by atoms with van der Waals surface area (Å²) in [5, 5.41) is 3.42. The average Bonchev–Trinajstić information content (AvgIpc) is 2.84. The van der Waals surface area contributed by atoms with Crippen LogP contribution in [0.1, 0.15) is 49.0 Å². The van der Waals surface area contributed by atoms with Crippen LogP contribution in [-0.4, -0.2) is 56.2 Å². The SMILES string of the molecule is CCCOc1c(Cl)cc(C(=O)NC2CCN(C(=O)Cc3ccccc3OC)CC2)cc1OCC. The number of benzene rings is 2. The molecule has 0 saturated carbocycles. The molecule has 2 aromatic carbocycles. The van der Waals surface area contributed by atoms with Gasteiger partial charge < -0.3 is 24.4 Å². The molecule has 0 spiro atoms. The summed E-state index contributed by atoms with van der Waals surface area (Å²) in [4.78, 5) is 27.5. The van der Waals surface area contributed by atoms with E-state index in [1.165, 1.54) is 0 Å². The van der Waals surface area contributed by atoms with E-state index in [-0.39, 0.29) is 17.9 Å². The van der Waals surface area contributed by atoms with E-state index >= 15 is 0 Å². The first-order chi connectivity index (χ1) is 16.5. The van der Waals surface area contributed by atoms with Gasteiger partial charge in [0.2, 0.25) is 5.91 Å². The van der Waals surface area contributed by atoms with Crippen molar-refractivity contribution in [2.75, 3.05) is 33.4 Å². The summed E-state index contributed by atoms with van der Waals surface area (Å²) < 4.78 is 16.7. The second-order valence-electron chi connectivity index (χ2n) is 8.18. The van der Waals surface area contributed by atoms with Crippen molar-refractivity contribution in [2.45, 2.75) is 45.6 Å². The van der Waals surface area contributed by atoms with Crippen molar-refractivity contribution in [1.29, 1.82) is 0 Å². The molecule has 0 bridgehead atoms. The molecule has 0 aromatic heterocycles. The molecule has 0 atom stereocenters. The summed E-state index contributed by atoms with van der Waals surface area (Å²) in [6.45, 7) is 6.01. The van der Waals surface area contributed by atoms with Crippen LogP contribution < -0.4 is 19.5 Å². The van der Waals surface area contributed by atoms with Gasteiger partial charge in [0.1, 0.15) is 5.75 Å². The van der Waals surface area contributed by atoms with E-state index in [9.17, 15) is 9.59 Å². The lowest BCUT2D eigenvalue weighted by Gasteiger charge is -2.32. The highest BCUT2D eigenvalue weighted by molar-refractivity contribution is 6.32. The van der Waals surface area contributed by atoms with Gasteiger partial charge >= 0.3 is 0 Å². The number of hydrogen-bond acceptors (Lipinski definition) is 5. The van der Waals surface area contributed by atoms with Crippen molar-refractivity contribution in [1.82, 2.24) is 10.2 Å². The third-order valence-electron chi connectivity index (χ3n) is 5.74. The Hall–Kier alpha value is -2.93. The lowest BCUT2D eigenvalue weighted by molar-refractivity contribution is -0.131. The number of nitrogens with zero attached hydrogens (tertiary/aromatic N) is 1. The monoisotopic (exact) mass is 488 g/mol. The summed E-state index contributed by atoms with van der Waals surface area (Å²) in [5.41, 5.74) is 1.30. The van der Waals surface area contributed by atoms with Crippen molar-refractivity contribution in [2.24, 2.45) is 0 Å². The highest BCUT2D eigenvalue weighted by Gasteiger charge is 2.25. The fourth-order valence-corrected chi connectivity index (χ4v) is 4.24. The second-order valence-corrected chi connectivity index (χ2v) is 8.59. The molecule has 1 aliphatic heterocycles. The predicted octanol–water partition coefficient (Wildman–Crippen LogP) is 4.50. The van der Waals surface area contributed by atoms with Gasteiger partial charge in [-0.15, -0.1) is 0 Å². The molecule has 7 nitrogen and oxygen atoms in total. The Kier molecular flexibility index (Phi) is 9.45. The summed E-state index contributed by atoms with van der Waals surface area (Å²) >= 11 is 6.40. The van der Waals surface area contributed by atoms with Crippen molar-refractivity contribution in [3.8, 4) is 17.2 Å². The van der Waals surface area contributed by atoms with E-state index in [2.05, 4.69) is 5.32 Å². The molecule has 8 heteroatoms. The largest absolute Gasteiger partial charge is 0.496 e. The molecule has 1 heterocycles. The molecular weight excluding hydrogens is 456 g/mol. The number of hydrogen-bond donors (Lipinski definition) is 1. The molecule has 3 rings (SSSR count). The normalized spacial score (nSPS) is 13.9. The maximum Gasteiger partial charge on any atom is 0.251 e. The number of carbonyl (C=O) groups is 2. The summed E-state index contributed by atoms with van der Waals surface area (Å²) in [6, 6.07) is 10.8. The zero-order valence-electron chi connectivity index (χ0n) is 20.1. The number of methoxy groups -OCH3 is 1. The second kappa shape index (κ2) is 12.5. The van der Waals surface area contributed by atoms with Gasteiger partial charge in [-0.05, 0) is 44.4 Å². The molecule has 2 aromatic rings. The van der Waals surface area contributed by atoms with Crippen molar-refractivity contribution in [3.05, 3.63) is 52.5 Å². The molecule has 0 aliphatic carbocycles. The van der Waals surface area contributed by atoms with Gasteiger partial charge in [0.25, 0.3) is 5.91 Å². The van der Waals surface area contributed by atoms with Crippen LogP contribution >= 0.6 is 11.6 Å². The number of amides is 2. The first kappa shape index (κ1) is 25.7. The molecular formula is C26H33ClN2O5. The van der Waals surface area contributed by atoms with E-state index in [4.69, 9.17) is 25.8 Å². The highest BCUT2D eigenvalue weighted by atomic mass is 35.5. The third-order valence-corrected chi connectivity index (χ3v) is 6.02. The van der Waals surface area contributed by atoms with Gasteiger partial charge in [-0.1, -0.05) is 36.7 Å². The number of carbonyl (C=O) groups excluding carboxylic acids is 2. The number of ether oxygens (including phenoxy) is 3. The Balaban J connectivity index is 1.57. The van der Waals surface area contributed by atoms with E-state index in [1.807, 2.05) is 43.0 Å². The molecule has 1 fully saturated rings. The molecule has 1 saturated heterocycles. The number of likely N-dealkylation sites (tertiary alicyclic amines) is 1. The Morgan fingerprint density at radius 3 is 2.50 bits per heavy atom. The fraction of sp³-hybridized carbons (Fsp3) is 0.462. The zero-order valence-corrected chi connectivity index (χ0v) is 20.8. The summed E-state index contributed by atoms with van der Waals surface area (Å²) in [6.07, 6.45) is 2.51. The summed E-state index contributed by atoms with van der Waals surface area (Å²) in [5.74, 6) is 1.48. The van der Waals surface area contributed by atoms with Crippen LogP contribution in [0, 0.1) is 0 Å². The first-order valence-electron chi connectivity index (χ1n) is 11.8. The maximum atomic E-state index is 12.9. The predicted molar refractivity (Wildman–Crippen MR) is 132 cm³/mol. The lowest BCUT2D eigenvalue weighted by atomic mass is 10.0. The lowest BCUT2D eigenvalue weighted by Crippen LogP contribution is -2.47. The quantitative estimate of drug-likeness (QED) is 0.533. The van der Waals surface area contributed by atoms with Crippen molar-refractivity contribution in [3.63, 3.8) is 0 Å². The highest BCUT2D eigenvalue weighted by Crippen LogP contribution is 2.37. The van der Waals surface area contributed by atoms with E-state index in [1.54, 1.807) is 19.2 Å². The number of nitrogens with one attached hydrogen (secondary N) is 1. The molecule has 0 radical (unpaired) electrons. The fourth-order valence-electron chi connectivity index (χ4n) is 3.97. The van der Waals surface area contributed by atoms with Crippen LogP contribution in [0.4, 0.5) is 0 Å². The van der Waals surface area contributed by atoms with E-state index in [0.717, 1.165) is 12.0 Å². The Labute approximate surface area is 206 Å². The smallest absolute Gasteiger partial charge is 0.251 e. The van der Waals surface area contributed by atoms with Gasteiger partial charge in [-0.2, -0.15) is 0 Å². The van der Waals surface area contributed by atoms with Gasteiger partial charge in [0.15, 0.2) is 11.5 Å². The standard InChI is InChI=1S/C26H33ClN2O5/c1-4-14-34-25-21(27)15-19(16-23(25)33-5-2)26(31)28-20-10-12-29(13-11-20)24(30)17-18-8-6-7-9-22(18)32-3/h6-9,15-16,20H,4-5,10-14,17H2,1-3H3,(H,28,31). The molecule has 1 aliphatic rings. The van der Waals surface area contributed by atoms with Crippen LogP contribution in [0.5, 0.6) is 17.2 Å². The van der Waals surface area contributed by atoms with Crippen LogP contribution in [0.25, 0.3) is 0 Å². The number of rotatable bonds is 10. The summed E-state index contributed by atoms with van der Waals surface area (Å²) in [7, 11) is 1.60. The number of piperidine rings is 1. The Morgan fingerprint density at radius 1 is 1.09 bits per heavy atom. The van der Waals surface area contributed by atoms with Crippen molar-refractivity contribution < 1.29 is 23.8 Å². The van der Waals surface area contributed by atoms with Crippen LogP contribution in [0.15, 0.2) is 36.4 Å². The van der Waals surface area contributed by atoms with Crippen LogP contribution in [-0.2, 0) is 11.2 Å². The van der Waals surface area contributed by atoms with Crippen LogP contribution in [0.2, 0.25) is 5.02 Å². The first-order valence-corrected chi connectivity index (χ1v) is 12.1. The number of para-hydroxylation sites is 1. The minimum absolute atomic E-state index is 0.0202. The third kappa shape index (κ3) is 6.56. The van der Waals surface area contributed by atoms with Gasteiger partial charge in [-0.3, -0.25) is 9.59 Å². The van der Waals surface area contributed by atoms with E-state index in [0.29, 0.717) is 73.4 Å². The minimum Gasteiger partial charge on any atom is -0.496 e. The Morgan fingerprint density at radius 2 is 1.82 bits per heavy atom. The van der Waals surface area contributed by atoms with Crippen LogP contribution in [0.3, 0.4) is 0 Å². The maximum absolute atomic E-state index is 12.9. The average molecular weight is 489 g/mol. The molecule has 1 N–H and O–H groups in total. The topological polar surface area (TPSA) is 77.1 Å². The van der Waals surface area contributed by atoms with Gasteiger partial charge in [-0.25, -0.2) is 0 Å². The van der Waals surface area contributed by atoms with Gasteiger partial charge in [0, 0.05) is 30.3 Å². The molecule has 34 heavy (non-hydrogen) atoms.